The van der Waals surface area contributed by atoms with Crippen molar-refractivity contribution in [1.29, 1.82) is 0 Å². The molecule has 2 aromatic heterocycles. The van der Waals surface area contributed by atoms with Crippen molar-refractivity contribution < 1.29 is 27.8 Å². The first-order chi connectivity index (χ1) is 21.9. The molecule has 0 radical (unpaired) electrons. The number of benzene rings is 5. The second-order valence-electron chi connectivity index (χ2n) is 9.82. The van der Waals surface area contributed by atoms with Crippen LogP contribution in [0.25, 0.3) is 33.4 Å². The van der Waals surface area contributed by atoms with Crippen LogP contribution in [-0.2, 0) is 0 Å². The lowest BCUT2D eigenvalue weighted by Crippen LogP contribution is -2.02. The van der Waals surface area contributed by atoms with Crippen LogP contribution < -0.4 is 0 Å². The Morgan fingerprint density at radius 3 is 1.07 bits per heavy atom. The number of aromatic hydroxyl groups is 2. The number of halogens is 6. The van der Waals surface area contributed by atoms with E-state index in [4.69, 9.17) is 0 Å². The van der Waals surface area contributed by atoms with E-state index < -0.39 is 30.4 Å². The van der Waals surface area contributed by atoms with Crippen LogP contribution in [0.1, 0.15) is 11.1 Å². The van der Waals surface area contributed by atoms with E-state index in [-0.39, 0.29) is 11.5 Å². The number of hydrogen-bond acceptors (Lipinski definition) is 6. The average molecular weight is 852 g/mol. The number of fused-ring (bicyclic) bond motifs is 2. The van der Waals surface area contributed by atoms with Gasteiger partial charge in [-0.3, -0.25) is 0 Å². The Morgan fingerprint density at radius 1 is 0.500 bits per heavy atom. The Kier molecular flexibility index (Phi) is 10.0. The van der Waals surface area contributed by atoms with Crippen LogP contribution in [0.3, 0.4) is 0 Å². The van der Waals surface area contributed by atoms with E-state index in [0.717, 1.165) is 33.2 Å². The van der Waals surface area contributed by atoms with Gasteiger partial charge in [0.15, 0.2) is 23.3 Å². The lowest BCUT2D eigenvalue weighted by Gasteiger charge is -2.03. The maximum absolute atomic E-state index is 12.6. The second kappa shape index (κ2) is 14.0. The number of phenolic OH excluding ortho intramolecular Hbond substituents is 2. The molecule has 0 fully saturated rings. The summed E-state index contributed by atoms with van der Waals surface area (Å²) in [4.78, 5) is 2.93. The van der Waals surface area contributed by atoms with Crippen molar-refractivity contribution in [1.82, 2.24) is 30.0 Å². The highest BCUT2D eigenvalue weighted by Crippen LogP contribution is 2.26. The van der Waals surface area contributed by atoms with E-state index in [2.05, 4.69) is 20.4 Å². The van der Waals surface area contributed by atoms with Crippen molar-refractivity contribution >= 4 is 67.2 Å². The number of nitrogens with zero attached hydrogens (tertiary/aromatic N) is 6. The van der Waals surface area contributed by atoms with E-state index in [0.29, 0.717) is 11.4 Å². The van der Waals surface area contributed by atoms with Gasteiger partial charge in [-0.2, -0.15) is 0 Å². The summed E-state index contributed by atoms with van der Waals surface area (Å²) in [6.45, 7) is 3.93. The van der Waals surface area contributed by atoms with Gasteiger partial charge in [0.05, 0.1) is 7.14 Å². The highest BCUT2D eigenvalue weighted by molar-refractivity contribution is 14.1. The molecule has 0 unspecified atom stereocenters. The molecule has 0 spiro atoms. The van der Waals surface area contributed by atoms with Crippen molar-refractivity contribution in [2.24, 2.45) is 0 Å². The first-order valence-electron chi connectivity index (χ1n) is 13.4. The first-order valence-corrected chi connectivity index (χ1v) is 15.5. The molecule has 0 aliphatic carbocycles. The summed E-state index contributed by atoms with van der Waals surface area (Å²) in [6, 6.07) is 25.9. The van der Waals surface area contributed by atoms with Gasteiger partial charge in [-0.05, 0) is 119 Å². The molecule has 0 saturated heterocycles. The van der Waals surface area contributed by atoms with Gasteiger partial charge in [0.25, 0.3) is 0 Å². The van der Waals surface area contributed by atoms with E-state index in [9.17, 15) is 27.8 Å². The summed E-state index contributed by atoms with van der Waals surface area (Å²) in [5.41, 5.74) is 6.56. The summed E-state index contributed by atoms with van der Waals surface area (Å²) < 4.78 is 49.2. The molecule has 8 nitrogen and oxygen atoms in total. The molecular formula is C32H22F4I2N6O2. The van der Waals surface area contributed by atoms with Gasteiger partial charge in [-0.1, -0.05) is 36.4 Å². The first kappa shape index (κ1) is 33.1. The number of aromatic nitrogens is 6. The van der Waals surface area contributed by atoms with Gasteiger partial charge in [0.1, 0.15) is 44.9 Å². The molecule has 7 rings (SSSR count). The fraction of sp³-hybridized carbons (Fsp3) is 0.0625. The van der Waals surface area contributed by atoms with Gasteiger partial charge < -0.3 is 10.2 Å². The zero-order chi connectivity index (χ0) is 33.1. The summed E-state index contributed by atoms with van der Waals surface area (Å²) in [5, 5.41) is 36.9. The second-order valence-corrected chi connectivity index (χ2v) is 12.0. The Morgan fingerprint density at radius 2 is 0.783 bits per heavy atom. The minimum atomic E-state index is -1.35. The number of hydrogen-bond donors (Lipinski definition) is 2. The normalized spacial score (nSPS) is 10.8. The van der Waals surface area contributed by atoms with E-state index in [1.54, 1.807) is 12.1 Å². The quantitative estimate of drug-likeness (QED) is 0.0786. The van der Waals surface area contributed by atoms with Crippen LogP contribution in [0, 0.1) is 44.3 Å². The standard InChI is InChI=1S/2C13H11N3O.C6F4I2/c2*1-9-6-7-13(17)12(8-9)16-14-10-4-2-3-5-11(10)15-16;7-1-2(8)6(12)4(10)3(9)5(1)11/h2*2-8,17H,1H3;. The number of phenols is 2. The fourth-order valence-corrected chi connectivity index (χ4v) is 5.05. The smallest absolute Gasteiger partial charge is 0.176 e. The summed E-state index contributed by atoms with van der Waals surface area (Å²) in [7, 11) is 0. The summed E-state index contributed by atoms with van der Waals surface area (Å²) in [6.07, 6.45) is 0. The van der Waals surface area contributed by atoms with E-state index in [1.165, 1.54) is 54.8 Å². The molecule has 2 N–H and O–H groups in total. The van der Waals surface area contributed by atoms with Gasteiger partial charge >= 0.3 is 0 Å². The molecule has 0 bridgehead atoms. The summed E-state index contributed by atoms with van der Waals surface area (Å²) >= 11 is 2.41. The molecule has 7 aromatic rings. The van der Waals surface area contributed by atoms with Crippen molar-refractivity contribution in [3.05, 3.63) is 126 Å². The molecule has 2 heterocycles. The molecule has 46 heavy (non-hydrogen) atoms. The van der Waals surface area contributed by atoms with Gasteiger partial charge in [0, 0.05) is 0 Å². The molecule has 0 atom stereocenters. The third-order valence-corrected chi connectivity index (χ3v) is 8.32. The van der Waals surface area contributed by atoms with E-state index >= 15 is 0 Å². The lowest BCUT2D eigenvalue weighted by atomic mass is 10.2. The molecule has 0 amide bonds. The molecule has 0 aliphatic rings. The maximum atomic E-state index is 12.6. The van der Waals surface area contributed by atoms with Crippen LogP contribution in [0.2, 0.25) is 0 Å². The van der Waals surface area contributed by atoms with Crippen LogP contribution in [0.5, 0.6) is 11.5 Å². The van der Waals surface area contributed by atoms with Gasteiger partial charge in [-0.25, -0.2) is 17.6 Å². The maximum Gasteiger partial charge on any atom is 0.176 e. The van der Waals surface area contributed by atoms with Crippen LogP contribution in [-0.4, -0.2) is 40.2 Å². The van der Waals surface area contributed by atoms with Crippen molar-refractivity contribution in [2.45, 2.75) is 13.8 Å². The van der Waals surface area contributed by atoms with Gasteiger partial charge in [0.2, 0.25) is 0 Å². The van der Waals surface area contributed by atoms with Crippen molar-refractivity contribution in [3.63, 3.8) is 0 Å². The Bertz CT molecular complexity index is 1910. The van der Waals surface area contributed by atoms with Crippen molar-refractivity contribution in [2.75, 3.05) is 0 Å². The largest absolute Gasteiger partial charge is 0.506 e. The molecule has 234 valence electrons. The third-order valence-electron chi connectivity index (χ3n) is 6.42. The monoisotopic (exact) mass is 852 g/mol. The van der Waals surface area contributed by atoms with Crippen LogP contribution in [0.4, 0.5) is 17.6 Å². The minimum Gasteiger partial charge on any atom is -0.506 e. The molecule has 0 aliphatic heterocycles. The zero-order valence-electron chi connectivity index (χ0n) is 23.9. The van der Waals surface area contributed by atoms with Crippen molar-refractivity contribution in [3.8, 4) is 22.9 Å². The van der Waals surface area contributed by atoms with Gasteiger partial charge in [-0.15, -0.1) is 30.0 Å². The zero-order valence-corrected chi connectivity index (χ0v) is 28.2. The predicted molar refractivity (Wildman–Crippen MR) is 182 cm³/mol. The average Bonchev–Trinajstić information content (AvgIpc) is 3.69. The molecule has 14 heteroatoms. The lowest BCUT2D eigenvalue weighted by molar-refractivity contribution is 0.437. The molecule has 5 aromatic carbocycles. The number of rotatable bonds is 2. The Hall–Kier alpha value is -4.32. The molecule has 0 saturated carbocycles. The minimum absolute atomic E-state index is 0.177. The highest BCUT2D eigenvalue weighted by Gasteiger charge is 2.22. The van der Waals surface area contributed by atoms with Crippen LogP contribution >= 0.6 is 45.2 Å². The molecular weight excluding hydrogens is 830 g/mol. The third kappa shape index (κ3) is 7.06. The Labute approximate surface area is 286 Å². The highest BCUT2D eigenvalue weighted by atomic mass is 127. The Balaban J connectivity index is 0.000000139. The predicted octanol–water partition coefficient (Wildman–Crippen LogP) is 8.32. The van der Waals surface area contributed by atoms with E-state index in [1.807, 2.05) is 86.6 Å². The number of aryl methyl sites for hydroxylation is 2. The topological polar surface area (TPSA) is 102 Å². The van der Waals surface area contributed by atoms with Crippen LogP contribution in [0.15, 0.2) is 84.9 Å². The SMILES string of the molecule is Cc1ccc(O)c(-n2nc3ccccc3n2)c1.Cc1ccc(O)c(-n2nc3ccccc3n2)c1.Fc1c(F)c(I)c(F)c(F)c1I. The summed E-state index contributed by atoms with van der Waals surface area (Å²) in [5.74, 6) is -5.04. The fourth-order valence-electron chi connectivity index (χ4n) is 4.10.